The van der Waals surface area contributed by atoms with Crippen molar-refractivity contribution in [3.8, 4) is 0 Å². The summed E-state index contributed by atoms with van der Waals surface area (Å²) in [5.74, 6) is 0.818. The first-order chi connectivity index (χ1) is 13.4. The number of rotatable bonds is 7. The summed E-state index contributed by atoms with van der Waals surface area (Å²) in [6.45, 7) is 1.57. The number of nitrogens with zero attached hydrogens (tertiary/aromatic N) is 3. The average molecular weight is 355 g/mol. The van der Waals surface area contributed by atoms with Crippen LogP contribution < -0.4 is 10.6 Å². The van der Waals surface area contributed by atoms with Crippen LogP contribution in [0.2, 0.25) is 0 Å². The van der Waals surface area contributed by atoms with Gasteiger partial charge in [-0.3, -0.25) is 4.98 Å². The number of pyridine rings is 1. The number of aromatic nitrogens is 3. The van der Waals surface area contributed by atoms with E-state index in [1.165, 1.54) is 5.56 Å². The van der Waals surface area contributed by atoms with Gasteiger partial charge in [0.1, 0.15) is 0 Å². The molecule has 134 valence electrons. The van der Waals surface area contributed by atoms with Gasteiger partial charge < -0.3 is 10.6 Å². The fourth-order valence-electron chi connectivity index (χ4n) is 3.06. The monoisotopic (exact) mass is 355 g/mol. The van der Waals surface area contributed by atoms with E-state index in [1.54, 1.807) is 12.4 Å². The molecule has 0 fully saturated rings. The van der Waals surface area contributed by atoms with E-state index in [4.69, 9.17) is 0 Å². The van der Waals surface area contributed by atoms with Gasteiger partial charge in [-0.05, 0) is 29.8 Å². The number of hydrogen-bond acceptors (Lipinski definition) is 5. The molecule has 5 heteroatoms. The molecule has 0 spiro atoms. The Kier molecular flexibility index (Phi) is 5.20. The molecule has 0 aliphatic rings. The lowest BCUT2D eigenvalue weighted by atomic mass is 10.1. The lowest BCUT2D eigenvalue weighted by Gasteiger charge is -2.12. The van der Waals surface area contributed by atoms with Crippen LogP contribution in [0.1, 0.15) is 11.3 Å². The van der Waals surface area contributed by atoms with E-state index in [1.807, 2.05) is 42.5 Å². The van der Waals surface area contributed by atoms with Crippen LogP contribution in [0, 0.1) is 0 Å². The van der Waals surface area contributed by atoms with Crippen molar-refractivity contribution in [3.05, 3.63) is 90.4 Å². The zero-order valence-corrected chi connectivity index (χ0v) is 15.0. The van der Waals surface area contributed by atoms with Crippen molar-refractivity contribution >= 4 is 22.3 Å². The SMILES string of the molecule is c1ccc(NCCNc2nnc(Cc3ccncc3)c3ccccc23)cc1. The molecule has 4 rings (SSSR count). The van der Waals surface area contributed by atoms with Gasteiger partial charge >= 0.3 is 0 Å². The summed E-state index contributed by atoms with van der Waals surface area (Å²) in [4.78, 5) is 4.08. The molecule has 0 atom stereocenters. The molecular weight excluding hydrogens is 334 g/mol. The Balaban J connectivity index is 1.48. The van der Waals surface area contributed by atoms with Gasteiger partial charge in [0.2, 0.25) is 0 Å². The van der Waals surface area contributed by atoms with Crippen LogP contribution in [-0.2, 0) is 6.42 Å². The molecule has 0 bridgehead atoms. The summed E-state index contributed by atoms with van der Waals surface area (Å²) < 4.78 is 0. The van der Waals surface area contributed by atoms with Crippen molar-refractivity contribution < 1.29 is 0 Å². The molecule has 0 amide bonds. The Hall–Kier alpha value is -3.47. The number of fused-ring (bicyclic) bond motifs is 1. The first kappa shape index (κ1) is 17.0. The second-order valence-corrected chi connectivity index (χ2v) is 6.29. The van der Waals surface area contributed by atoms with Crippen LogP contribution in [-0.4, -0.2) is 28.3 Å². The highest BCUT2D eigenvalue weighted by Crippen LogP contribution is 2.24. The molecule has 4 aromatic rings. The third-order valence-corrected chi connectivity index (χ3v) is 4.41. The van der Waals surface area contributed by atoms with E-state index >= 15 is 0 Å². The molecule has 2 aromatic carbocycles. The molecule has 0 aliphatic heterocycles. The van der Waals surface area contributed by atoms with E-state index in [2.05, 4.69) is 50.1 Å². The molecule has 2 aromatic heterocycles. The standard InChI is InChI=1S/C22H21N5/c1-2-6-18(7-3-1)24-14-15-25-22-20-9-5-4-8-19(20)21(26-27-22)16-17-10-12-23-13-11-17/h1-13,24H,14-16H2,(H,25,27). The average Bonchev–Trinajstić information content (AvgIpc) is 2.74. The highest BCUT2D eigenvalue weighted by atomic mass is 15.2. The molecule has 0 unspecified atom stereocenters. The van der Waals surface area contributed by atoms with Crippen LogP contribution in [0.3, 0.4) is 0 Å². The summed E-state index contributed by atoms with van der Waals surface area (Å²) in [5, 5.41) is 17.9. The van der Waals surface area contributed by atoms with Gasteiger partial charge in [-0.25, -0.2) is 0 Å². The quantitative estimate of drug-likeness (QED) is 0.488. The lowest BCUT2D eigenvalue weighted by Crippen LogP contribution is -2.15. The first-order valence-corrected chi connectivity index (χ1v) is 9.06. The van der Waals surface area contributed by atoms with Crippen molar-refractivity contribution in [2.75, 3.05) is 23.7 Å². The van der Waals surface area contributed by atoms with Gasteiger partial charge in [0, 0.05) is 48.4 Å². The van der Waals surface area contributed by atoms with E-state index in [-0.39, 0.29) is 0 Å². The molecule has 0 saturated heterocycles. The smallest absolute Gasteiger partial charge is 0.156 e. The van der Waals surface area contributed by atoms with Gasteiger partial charge in [0.25, 0.3) is 0 Å². The normalized spacial score (nSPS) is 10.7. The second-order valence-electron chi connectivity index (χ2n) is 6.29. The minimum atomic E-state index is 0.742. The fourth-order valence-corrected chi connectivity index (χ4v) is 3.06. The lowest BCUT2D eigenvalue weighted by molar-refractivity contribution is 0.944. The van der Waals surface area contributed by atoms with E-state index < -0.39 is 0 Å². The first-order valence-electron chi connectivity index (χ1n) is 9.06. The van der Waals surface area contributed by atoms with Crippen molar-refractivity contribution in [1.29, 1.82) is 0 Å². The number of benzene rings is 2. The predicted molar refractivity (Wildman–Crippen MR) is 110 cm³/mol. The van der Waals surface area contributed by atoms with Crippen LogP contribution in [0.4, 0.5) is 11.5 Å². The molecule has 2 N–H and O–H groups in total. The molecule has 2 heterocycles. The number of anilines is 2. The molecular formula is C22H21N5. The van der Waals surface area contributed by atoms with Gasteiger partial charge in [0.05, 0.1) is 5.69 Å². The Bertz CT molecular complexity index is 1000. The summed E-state index contributed by atoms with van der Waals surface area (Å²) in [6, 6.07) is 22.5. The summed E-state index contributed by atoms with van der Waals surface area (Å²) in [5.41, 5.74) is 3.27. The molecule has 5 nitrogen and oxygen atoms in total. The highest BCUT2D eigenvalue weighted by molar-refractivity contribution is 5.93. The Morgan fingerprint density at radius 3 is 2.19 bits per heavy atom. The van der Waals surface area contributed by atoms with Crippen molar-refractivity contribution in [1.82, 2.24) is 15.2 Å². The van der Waals surface area contributed by atoms with Crippen molar-refractivity contribution in [2.24, 2.45) is 0 Å². The van der Waals surface area contributed by atoms with Crippen LogP contribution in [0.5, 0.6) is 0 Å². The van der Waals surface area contributed by atoms with Crippen LogP contribution in [0.25, 0.3) is 10.8 Å². The minimum absolute atomic E-state index is 0.742. The molecule has 0 radical (unpaired) electrons. The highest BCUT2D eigenvalue weighted by Gasteiger charge is 2.09. The number of hydrogen-bond donors (Lipinski definition) is 2. The Morgan fingerprint density at radius 1 is 0.667 bits per heavy atom. The summed E-state index contributed by atoms with van der Waals surface area (Å²) in [7, 11) is 0. The third kappa shape index (κ3) is 4.20. The van der Waals surface area contributed by atoms with E-state index in [0.717, 1.165) is 47.5 Å². The Labute approximate surface area is 158 Å². The minimum Gasteiger partial charge on any atom is -0.383 e. The molecule has 0 saturated carbocycles. The molecule has 27 heavy (non-hydrogen) atoms. The second kappa shape index (κ2) is 8.27. The summed E-state index contributed by atoms with van der Waals surface area (Å²) >= 11 is 0. The van der Waals surface area contributed by atoms with Crippen molar-refractivity contribution in [2.45, 2.75) is 6.42 Å². The maximum atomic E-state index is 4.49. The van der Waals surface area contributed by atoms with Gasteiger partial charge in [-0.15, -0.1) is 5.10 Å². The maximum absolute atomic E-state index is 4.49. The molecule has 0 aliphatic carbocycles. The van der Waals surface area contributed by atoms with Gasteiger partial charge in [0.15, 0.2) is 5.82 Å². The van der Waals surface area contributed by atoms with Gasteiger partial charge in [-0.2, -0.15) is 5.10 Å². The van der Waals surface area contributed by atoms with E-state index in [0.29, 0.717) is 0 Å². The summed E-state index contributed by atoms with van der Waals surface area (Å²) in [6.07, 6.45) is 4.35. The number of para-hydroxylation sites is 1. The van der Waals surface area contributed by atoms with Crippen LogP contribution >= 0.6 is 0 Å². The van der Waals surface area contributed by atoms with Gasteiger partial charge in [-0.1, -0.05) is 42.5 Å². The largest absolute Gasteiger partial charge is 0.383 e. The van der Waals surface area contributed by atoms with E-state index in [9.17, 15) is 0 Å². The third-order valence-electron chi connectivity index (χ3n) is 4.41. The number of nitrogens with one attached hydrogen (secondary N) is 2. The predicted octanol–water partition coefficient (Wildman–Crippen LogP) is 4.14. The Morgan fingerprint density at radius 2 is 1.37 bits per heavy atom. The zero-order chi connectivity index (χ0) is 18.3. The van der Waals surface area contributed by atoms with Crippen LogP contribution in [0.15, 0.2) is 79.1 Å². The van der Waals surface area contributed by atoms with Crippen molar-refractivity contribution in [3.63, 3.8) is 0 Å². The maximum Gasteiger partial charge on any atom is 0.156 e. The topological polar surface area (TPSA) is 62.7 Å². The fraction of sp³-hybridized carbons (Fsp3) is 0.136. The zero-order valence-electron chi connectivity index (χ0n) is 15.0.